The third-order valence-electron chi connectivity index (χ3n) is 8.25. The maximum absolute atomic E-state index is 12.7. The Hall–Kier alpha value is -5.97. The Morgan fingerprint density at radius 2 is 1.15 bits per heavy atom. The first-order valence-corrected chi connectivity index (χ1v) is 22.1. The Morgan fingerprint density at radius 3 is 1.62 bits per heavy atom. The summed E-state index contributed by atoms with van der Waals surface area (Å²) in [6.07, 6.45) is 4.44. The molecule has 2 rings (SSSR count). The molecule has 0 aromatic heterocycles. The fraction of sp³-hybridized carbons (Fsp3) is 0.614. The largest absolute Gasteiger partial charge is 0.481 e. The Morgan fingerprint density at radius 1 is 0.652 bits per heavy atom. The van der Waals surface area contributed by atoms with Crippen molar-refractivity contribution in [3.63, 3.8) is 0 Å². The topological polar surface area (TPSA) is 312 Å². The van der Waals surface area contributed by atoms with E-state index in [1.54, 1.807) is 32.9 Å². The molecule has 374 valence electrons. The molecule has 9 N–H and O–H groups in total. The minimum absolute atomic E-state index is 0.0212. The van der Waals surface area contributed by atoms with Gasteiger partial charge in [-0.25, -0.2) is 4.79 Å². The van der Waals surface area contributed by atoms with Crippen molar-refractivity contribution in [3.05, 3.63) is 42.0 Å². The number of carboxylic acid groups (broad SMARTS) is 1. The molecule has 1 aromatic rings. The number of ether oxygens (including phenoxy) is 4. The molecule has 66 heavy (non-hydrogen) atoms. The fourth-order valence-corrected chi connectivity index (χ4v) is 4.72. The Kier molecular flexibility index (Phi) is 38.1. The summed E-state index contributed by atoms with van der Waals surface area (Å²) >= 11 is 0. The van der Waals surface area contributed by atoms with Crippen LogP contribution in [0.3, 0.4) is 0 Å². The van der Waals surface area contributed by atoms with E-state index in [1.165, 1.54) is 12.2 Å². The van der Waals surface area contributed by atoms with Gasteiger partial charge in [-0.2, -0.15) is 0 Å². The summed E-state index contributed by atoms with van der Waals surface area (Å²) in [5.74, 6) is -3.99. The van der Waals surface area contributed by atoms with Gasteiger partial charge in [0.25, 0.3) is 11.8 Å². The van der Waals surface area contributed by atoms with Crippen molar-refractivity contribution in [2.75, 3.05) is 90.9 Å². The number of carbonyl (C=O) groups is 9. The number of nitrogens with zero attached hydrogens (tertiary/aromatic N) is 1. The van der Waals surface area contributed by atoms with Crippen LogP contribution in [0.1, 0.15) is 79.7 Å². The van der Waals surface area contributed by atoms with Gasteiger partial charge in [0, 0.05) is 56.7 Å². The van der Waals surface area contributed by atoms with Gasteiger partial charge in [-0.15, -0.1) is 0 Å². The van der Waals surface area contributed by atoms with Crippen molar-refractivity contribution in [3.8, 4) is 0 Å². The first kappa shape index (κ1) is 62.1. The van der Waals surface area contributed by atoms with E-state index in [2.05, 4.69) is 31.9 Å². The predicted octanol–water partition coefficient (Wildman–Crippen LogP) is 1.02. The van der Waals surface area contributed by atoms with Crippen LogP contribution in [0.25, 0.3) is 0 Å². The molecule has 1 aliphatic heterocycles. The zero-order valence-electron chi connectivity index (χ0n) is 39.6. The van der Waals surface area contributed by atoms with E-state index in [0.29, 0.717) is 45.3 Å². The molecule has 22 heteroatoms. The van der Waals surface area contributed by atoms with E-state index in [-0.39, 0.29) is 77.1 Å². The number of imide groups is 1. The van der Waals surface area contributed by atoms with Crippen molar-refractivity contribution in [1.29, 1.82) is 0 Å². The van der Waals surface area contributed by atoms with Crippen LogP contribution in [0, 0.1) is 5.92 Å². The van der Waals surface area contributed by atoms with Gasteiger partial charge in [-0.3, -0.25) is 43.3 Å². The van der Waals surface area contributed by atoms with Crippen molar-refractivity contribution in [2.45, 2.75) is 86.6 Å². The SMILES string of the molecule is CC.CCC(=O)O.CCCNC(N)=O.CCc1ccc(NC(=O)CNC(=O)C(NC(=O)CNC(=O)CCOCCOCCOCCOCCNC(=O)CCN2C(=O)C=CC2=O)C(C)C)cc1. The lowest BCUT2D eigenvalue weighted by molar-refractivity contribution is -0.138. The number of primary amides is 1. The Bertz CT molecular complexity index is 1610. The summed E-state index contributed by atoms with van der Waals surface area (Å²) in [5, 5.41) is 23.2. The first-order valence-electron chi connectivity index (χ1n) is 22.1. The van der Waals surface area contributed by atoms with E-state index in [9.17, 15) is 43.2 Å². The normalized spacial score (nSPS) is 11.7. The summed E-state index contributed by atoms with van der Waals surface area (Å²) in [6, 6.07) is 6.06. The minimum Gasteiger partial charge on any atom is -0.481 e. The molecule has 1 aromatic carbocycles. The number of rotatable bonds is 30. The maximum atomic E-state index is 12.7. The summed E-state index contributed by atoms with van der Waals surface area (Å²) in [7, 11) is 0. The number of nitrogens with two attached hydrogens (primary N) is 1. The molecule has 0 saturated heterocycles. The van der Waals surface area contributed by atoms with Crippen LogP contribution in [0.4, 0.5) is 10.5 Å². The van der Waals surface area contributed by atoms with Crippen LogP contribution in [-0.4, -0.2) is 155 Å². The van der Waals surface area contributed by atoms with E-state index in [4.69, 9.17) is 29.8 Å². The predicted molar refractivity (Wildman–Crippen MR) is 246 cm³/mol. The second kappa shape index (κ2) is 40.5. The molecule has 0 radical (unpaired) electrons. The van der Waals surface area contributed by atoms with E-state index < -0.39 is 53.5 Å². The number of hydrogen-bond acceptors (Lipinski definition) is 13. The number of anilines is 1. The average Bonchev–Trinajstić information content (AvgIpc) is 3.62. The van der Waals surface area contributed by atoms with Crippen LogP contribution in [-0.2, 0) is 63.7 Å². The minimum atomic E-state index is -0.894. The highest BCUT2D eigenvalue weighted by Crippen LogP contribution is 2.10. The average molecular weight is 939 g/mol. The zero-order valence-corrected chi connectivity index (χ0v) is 39.6. The third kappa shape index (κ3) is 34.4. The molecule has 9 amide bonds. The number of urea groups is 1. The molecule has 22 nitrogen and oxygen atoms in total. The number of nitrogens with one attached hydrogen (secondary N) is 6. The number of amides is 9. The molecule has 0 spiro atoms. The number of hydrogen-bond donors (Lipinski definition) is 8. The summed E-state index contributed by atoms with van der Waals surface area (Å²) < 4.78 is 21.6. The van der Waals surface area contributed by atoms with Gasteiger partial charge in [0.15, 0.2) is 0 Å². The fourth-order valence-electron chi connectivity index (χ4n) is 4.72. The van der Waals surface area contributed by atoms with Crippen LogP contribution in [0.15, 0.2) is 36.4 Å². The number of aliphatic carboxylic acids is 1. The van der Waals surface area contributed by atoms with Crippen LogP contribution in [0.5, 0.6) is 0 Å². The second-order valence-electron chi connectivity index (χ2n) is 13.9. The number of carboxylic acids is 1. The standard InChI is InChI=1S/C35H52N6O11.C4H10N2O.C3H6O2.C2H6/c1-4-26-5-7-27(8-6-26)39-30(44)24-38-35(48)34(25(2)3)40-31(45)23-37-29(43)12-15-49-17-19-51-21-22-52-20-18-50-16-13-36-28(42)11-14-41-32(46)9-10-33(41)47;1-2-3-6-4(5)7;1-2-3(4)5;1-2/h5-10,25,34H,4,11-24H2,1-3H3,(H,36,42)(H,37,43)(H,38,48)(H,39,44)(H,40,45);2-3H2,1H3,(H3,5,6,7);2H2,1H3,(H,4,5);1-2H3. The highest BCUT2D eigenvalue weighted by Gasteiger charge is 2.25. The van der Waals surface area contributed by atoms with Gasteiger partial charge in [0.1, 0.15) is 6.04 Å². The second-order valence-corrected chi connectivity index (χ2v) is 13.9. The number of benzene rings is 1. The molecule has 0 saturated carbocycles. The first-order chi connectivity index (χ1) is 31.5. The molecule has 0 fully saturated rings. The van der Waals surface area contributed by atoms with Gasteiger partial charge >= 0.3 is 12.0 Å². The molecular formula is C44H74N8O14. The molecule has 1 atom stereocenters. The molecule has 0 aliphatic carbocycles. The van der Waals surface area contributed by atoms with Gasteiger partial charge in [0.05, 0.1) is 65.9 Å². The molecule has 1 heterocycles. The van der Waals surface area contributed by atoms with Crippen molar-refractivity contribution >= 4 is 59.0 Å². The van der Waals surface area contributed by atoms with Crippen LogP contribution in [0.2, 0.25) is 0 Å². The smallest absolute Gasteiger partial charge is 0.312 e. The number of carbonyl (C=O) groups excluding carboxylic acids is 8. The molecule has 0 bridgehead atoms. The maximum Gasteiger partial charge on any atom is 0.312 e. The van der Waals surface area contributed by atoms with E-state index in [1.807, 2.05) is 39.8 Å². The highest BCUT2D eigenvalue weighted by molar-refractivity contribution is 6.13. The Balaban J connectivity index is 0. The molecule has 1 aliphatic rings. The summed E-state index contributed by atoms with van der Waals surface area (Å²) in [6.45, 7) is 15.8. The number of aryl methyl sites for hydroxylation is 1. The lowest BCUT2D eigenvalue weighted by atomic mass is 10.0. The highest BCUT2D eigenvalue weighted by atomic mass is 16.6. The lowest BCUT2D eigenvalue weighted by Gasteiger charge is -2.21. The summed E-state index contributed by atoms with van der Waals surface area (Å²) in [4.78, 5) is 104. The molecular weight excluding hydrogens is 865 g/mol. The quantitative estimate of drug-likeness (QED) is 0.0395. The summed E-state index contributed by atoms with van der Waals surface area (Å²) in [5.41, 5.74) is 6.48. The van der Waals surface area contributed by atoms with Gasteiger partial charge < -0.3 is 61.7 Å². The van der Waals surface area contributed by atoms with E-state index >= 15 is 0 Å². The van der Waals surface area contributed by atoms with Crippen molar-refractivity contribution in [1.82, 2.24) is 31.5 Å². The molecule has 1 unspecified atom stereocenters. The van der Waals surface area contributed by atoms with E-state index in [0.717, 1.165) is 23.3 Å². The van der Waals surface area contributed by atoms with Gasteiger partial charge in [-0.1, -0.05) is 60.6 Å². The van der Waals surface area contributed by atoms with Gasteiger partial charge in [0.2, 0.25) is 29.5 Å². The Labute approximate surface area is 388 Å². The van der Waals surface area contributed by atoms with Gasteiger partial charge in [-0.05, 0) is 36.5 Å². The third-order valence-corrected chi connectivity index (χ3v) is 8.25. The monoisotopic (exact) mass is 939 g/mol. The zero-order chi connectivity index (χ0) is 50.1. The van der Waals surface area contributed by atoms with Crippen molar-refractivity contribution in [2.24, 2.45) is 11.7 Å². The van der Waals surface area contributed by atoms with Crippen LogP contribution >= 0.6 is 0 Å². The van der Waals surface area contributed by atoms with Crippen LogP contribution < -0.4 is 37.6 Å². The van der Waals surface area contributed by atoms with Crippen molar-refractivity contribution < 1.29 is 67.2 Å². The lowest BCUT2D eigenvalue weighted by Crippen LogP contribution is -2.52.